The molecule has 2 aromatic carbocycles. The van der Waals surface area contributed by atoms with E-state index in [1.807, 2.05) is 30.3 Å². The van der Waals surface area contributed by atoms with Crippen LogP contribution in [0.4, 0.5) is 11.4 Å². The molecule has 7 heteroatoms. The zero-order valence-corrected chi connectivity index (χ0v) is 12.7. The third-order valence-corrected chi connectivity index (χ3v) is 3.23. The summed E-state index contributed by atoms with van der Waals surface area (Å²) in [5.41, 5.74) is 0.983. The van der Waals surface area contributed by atoms with Crippen molar-refractivity contribution >= 4 is 17.3 Å². The highest BCUT2D eigenvalue weighted by atomic mass is 16.6. The monoisotopic (exact) mass is 316 g/mol. The normalized spacial score (nSPS) is 10.0. The van der Waals surface area contributed by atoms with Crippen molar-refractivity contribution in [3.63, 3.8) is 0 Å². The van der Waals surface area contributed by atoms with Crippen LogP contribution in [0.3, 0.4) is 0 Å². The lowest BCUT2D eigenvalue weighted by Crippen LogP contribution is -2.08. The maximum atomic E-state index is 11.6. The molecule has 0 aliphatic carbocycles. The molecule has 0 aliphatic heterocycles. The number of rotatable bonds is 6. The van der Waals surface area contributed by atoms with E-state index >= 15 is 0 Å². The third kappa shape index (κ3) is 3.76. The van der Waals surface area contributed by atoms with Gasteiger partial charge in [-0.1, -0.05) is 30.3 Å². The Hall–Kier alpha value is -3.09. The number of carbonyl (C=O) groups is 1. The van der Waals surface area contributed by atoms with Crippen LogP contribution >= 0.6 is 0 Å². The summed E-state index contributed by atoms with van der Waals surface area (Å²) in [5, 5.41) is 14.3. The number of nitro groups is 1. The second-order valence-corrected chi connectivity index (χ2v) is 4.66. The quantitative estimate of drug-likeness (QED) is 0.500. The molecule has 7 nitrogen and oxygen atoms in total. The number of benzene rings is 2. The van der Waals surface area contributed by atoms with Crippen molar-refractivity contribution in [3.8, 4) is 5.75 Å². The topological polar surface area (TPSA) is 90.7 Å². The molecule has 0 amide bonds. The lowest BCUT2D eigenvalue weighted by atomic mass is 10.1. The van der Waals surface area contributed by atoms with Crippen LogP contribution in [0.2, 0.25) is 0 Å². The van der Waals surface area contributed by atoms with Gasteiger partial charge in [0.2, 0.25) is 0 Å². The van der Waals surface area contributed by atoms with Crippen molar-refractivity contribution < 1.29 is 19.2 Å². The molecule has 0 aromatic heterocycles. The van der Waals surface area contributed by atoms with Crippen LogP contribution in [0.15, 0.2) is 42.5 Å². The SMILES string of the molecule is COC(=O)c1cc(OC)c(NCc2ccccc2)c([N+](=O)[O-])c1. The van der Waals surface area contributed by atoms with E-state index in [0.29, 0.717) is 6.54 Å². The lowest BCUT2D eigenvalue weighted by Gasteiger charge is -2.13. The Labute approximate surface area is 133 Å². The van der Waals surface area contributed by atoms with Gasteiger partial charge in [0, 0.05) is 12.6 Å². The molecular weight excluding hydrogens is 300 g/mol. The van der Waals surface area contributed by atoms with E-state index < -0.39 is 10.9 Å². The van der Waals surface area contributed by atoms with Crippen LogP contribution in [0.25, 0.3) is 0 Å². The summed E-state index contributed by atoms with van der Waals surface area (Å²) in [6.07, 6.45) is 0. The molecule has 2 aromatic rings. The summed E-state index contributed by atoms with van der Waals surface area (Å²) in [7, 11) is 2.59. The van der Waals surface area contributed by atoms with Crippen molar-refractivity contribution in [2.45, 2.75) is 6.54 Å². The standard InChI is InChI=1S/C16H16N2O5/c1-22-14-9-12(16(19)23-2)8-13(18(20)21)15(14)17-10-11-6-4-3-5-7-11/h3-9,17H,10H2,1-2H3. The predicted octanol–water partition coefficient (Wildman–Crippen LogP) is 3.00. The molecule has 0 heterocycles. The minimum absolute atomic E-state index is 0.0568. The first kappa shape index (κ1) is 16.3. The summed E-state index contributed by atoms with van der Waals surface area (Å²) in [6.45, 7) is 0.385. The van der Waals surface area contributed by atoms with E-state index in [1.165, 1.54) is 26.4 Å². The number of esters is 1. The van der Waals surface area contributed by atoms with Crippen LogP contribution in [0.5, 0.6) is 5.75 Å². The lowest BCUT2D eigenvalue weighted by molar-refractivity contribution is -0.384. The Morgan fingerprint density at radius 1 is 1.22 bits per heavy atom. The van der Waals surface area contributed by atoms with Crippen LogP contribution < -0.4 is 10.1 Å². The van der Waals surface area contributed by atoms with Gasteiger partial charge in [-0.25, -0.2) is 4.79 Å². The first-order valence-corrected chi connectivity index (χ1v) is 6.79. The van der Waals surface area contributed by atoms with Crippen molar-refractivity contribution in [2.75, 3.05) is 19.5 Å². The molecule has 0 saturated heterocycles. The number of hydrogen-bond acceptors (Lipinski definition) is 6. The van der Waals surface area contributed by atoms with Gasteiger partial charge in [-0.2, -0.15) is 0 Å². The predicted molar refractivity (Wildman–Crippen MR) is 84.8 cm³/mol. The van der Waals surface area contributed by atoms with Gasteiger partial charge in [-0.15, -0.1) is 0 Å². The number of nitrogens with one attached hydrogen (secondary N) is 1. The van der Waals surface area contributed by atoms with Crippen LogP contribution in [0.1, 0.15) is 15.9 Å². The van der Waals surface area contributed by atoms with Crippen LogP contribution in [0, 0.1) is 10.1 Å². The van der Waals surface area contributed by atoms with Gasteiger partial charge in [0.25, 0.3) is 5.69 Å². The number of nitrogens with zero attached hydrogens (tertiary/aromatic N) is 1. The van der Waals surface area contributed by atoms with Gasteiger partial charge in [0.15, 0.2) is 5.69 Å². The maximum absolute atomic E-state index is 11.6. The maximum Gasteiger partial charge on any atom is 0.338 e. The van der Waals surface area contributed by atoms with Gasteiger partial charge in [0.1, 0.15) is 5.75 Å². The second kappa shape index (κ2) is 7.26. The summed E-state index contributed by atoms with van der Waals surface area (Å²) in [6, 6.07) is 12.0. The Kier molecular flexibility index (Phi) is 5.14. The molecule has 0 saturated carbocycles. The largest absolute Gasteiger partial charge is 0.494 e. The Morgan fingerprint density at radius 3 is 2.48 bits per heavy atom. The average molecular weight is 316 g/mol. The van der Waals surface area contributed by atoms with Gasteiger partial charge in [-0.3, -0.25) is 10.1 Å². The molecule has 0 bridgehead atoms. The van der Waals surface area contributed by atoms with E-state index in [1.54, 1.807) is 0 Å². The molecule has 120 valence electrons. The van der Waals surface area contributed by atoms with Gasteiger partial charge in [-0.05, 0) is 11.6 Å². The van der Waals surface area contributed by atoms with E-state index in [2.05, 4.69) is 10.1 Å². The van der Waals surface area contributed by atoms with Crippen molar-refractivity contribution in [3.05, 3.63) is 63.7 Å². The number of carbonyl (C=O) groups excluding carboxylic acids is 1. The molecule has 2 rings (SSSR count). The number of methoxy groups -OCH3 is 2. The Balaban J connectivity index is 2.40. The zero-order chi connectivity index (χ0) is 16.8. The average Bonchev–Trinajstić information content (AvgIpc) is 2.59. The van der Waals surface area contributed by atoms with E-state index in [-0.39, 0.29) is 22.7 Å². The van der Waals surface area contributed by atoms with Gasteiger partial charge < -0.3 is 14.8 Å². The molecule has 0 unspecified atom stereocenters. The molecule has 23 heavy (non-hydrogen) atoms. The molecule has 0 atom stereocenters. The molecule has 1 N–H and O–H groups in total. The second-order valence-electron chi connectivity index (χ2n) is 4.66. The van der Waals surface area contributed by atoms with Gasteiger partial charge in [0.05, 0.1) is 24.7 Å². The fraction of sp³-hybridized carbons (Fsp3) is 0.188. The summed E-state index contributed by atoms with van der Waals surface area (Å²) >= 11 is 0. The molecule has 0 aliphatic rings. The third-order valence-electron chi connectivity index (χ3n) is 3.23. The van der Waals surface area contributed by atoms with Crippen molar-refractivity contribution in [1.29, 1.82) is 0 Å². The highest BCUT2D eigenvalue weighted by molar-refractivity contribution is 5.92. The number of nitro benzene ring substituents is 1. The van der Waals surface area contributed by atoms with E-state index in [4.69, 9.17) is 4.74 Å². The number of ether oxygens (including phenoxy) is 2. The Bertz CT molecular complexity index is 716. The highest BCUT2D eigenvalue weighted by Gasteiger charge is 2.23. The molecule has 0 fully saturated rings. The first-order valence-electron chi connectivity index (χ1n) is 6.79. The number of hydrogen-bond donors (Lipinski definition) is 1. The minimum Gasteiger partial charge on any atom is -0.494 e. The summed E-state index contributed by atoms with van der Waals surface area (Å²) < 4.78 is 9.79. The fourth-order valence-electron chi connectivity index (χ4n) is 2.11. The van der Waals surface area contributed by atoms with Crippen molar-refractivity contribution in [1.82, 2.24) is 0 Å². The highest BCUT2D eigenvalue weighted by Crippen LogP contribution is 2.36. The summed E-state index contributed by atoms with van der Waals surface area (Å²) in [4.78, 5) is 22.4. The van der Waals surface area contributed by atoms with Gasteiger partial charge >= 0.3 is 5.97 Å². The fourth-order valence-corrected chi connectivity index (χ4v) is 2.11. The zero-order valence-electron chi connectivity index (χ0n) is 12.7. The molecular formula is C16H16N2O5. The number of anilines is 1. The van der Waals surface area contributed by atoms with E-state index in [9.17, 15) is 14.9 Å². The Morgan fingerprint density at radius 2 is 1.91 bits per heavy atom. The molecule has 0 radical (unpaired) electrons. The van der Waals surface area contributed by atoms with Crippen molar-refractivity contribution in [2.24, 2.45) is 0 Å². The minimum atomic E-state index is -0.666. The van der Waals surface area contributed by atoms with E-state index in [0.717, 1.165) is 5.56 Å². The van der Waals surface area contributed by atoms with Crippen LogP contribution in [-0.2, 0) is 11.3 Å². The smallest absolute Gasteiger partial charge is 0.338 e. The summed E-state index contributed by atoms with van der Waals surface area (Å²) in [5.74, 6) is -0.462. The molecule has 0 spiro atoms. The first-order chi connectivity index (χ1) is 11.1. The van der Waals surface area contributed by atoms with Crippen LogP contribution in [-0.4, -0.2) is 25.1 Å².